The second kappa shape index (κ2) is 7.36. The minimum atomic E-state index is -0.438. The van der Waals surface area contributed by atoms with Crippen LogP contribution in [0.1, 0.15) is 0 Å². The van der Waals surface area contributed by atoms with Crippen LogP contribution in [0.5, 0.6) is 0 Å². The maximum absolute atomic E-state index is 12.5. The number of hydrogen-bond donors (Lipinski definition) is 1. The number of hydrogen-bond acceptors (Lipinski definition) is 7. The first kappa shape index (κ1) is 19.0. The van der Waals surface area contributed by atoms with Gasteiger partial charge in [-0.05, 0) is 36.0 Å². The van der Waals surface area contributed by atoms with Crippen molar-refractivity contribution in [2.24, 2.45) is 14.1 Å². The predicted molar refractivity (Wildman–Crippen MR) is 115 cm³/mol. The van der Waals surface area contributed by atoms with E-state index in [-0.39, 0.29) is 11.2 Å². The summed E-state index contributed by atoms with van der Waals surface area (Å²) in [5.74, 6) is 0.626. The van der Waals surface area contributed by atoms with Crippen molar-refractivity contribution in [2.75, 3.05) is 0 Å². The second-order valence-electron chi connectivity index (χ2n) is 6.77. The molecule has 4 heterocycles. The number of imidazole rings is 1. The first-order valence-electron chi connectivity index (χ1n) is 9.29. The third kappa shape index (κ3) is 3.15. The largest absolute Gasteiger partial charge is 0.332 e. The van der Waals surface area contributed by atoms with Crippen molar-refractivity contribution in [3.8, 4) is 17.1 Å². The molecule has 0 amide bonds. The van der Waals surface area contributed by atoms with Crippen LogP contribution in [0.15, 0.2) is 74.8 Å². The lowest BCUT2D eigenvalue weighted by molar-refractivity contribution is 0.708. The van der Waals surface area contributed by atoms with E-state index < -0.39 is 11.2 Å². The Bertz CT molecular complexity index is 1520. The molecule has 0 spiro atoms. The molecule has 1 aromatic carbocycles. The van der Waals surface area contributed by atoms with Gasteiger partial charge >= 0.3 is 5.69 Å². The van der Waals surface area contributed by atoms with Crippen LogP contribution in [0.25, 0.3) is 28.2 Å². The monoisotopic (exact) mass is 432 g/mol. The highest BCUT2D eigenvalue weighted by Crippen LogP contribution is 2.31. The average Bonchev–Trinajstić information content (AvgIpc) is 3.42. The van der Waals surface area contributed by atoms with Crippen LogP contribution in [0.2, 0.25) is 0 Å². The average molecular weight is 432 g/mol. The minimum absolute atomic E-state index is 0.255. The Morgan fingerprint density at radius 3 is 2.52 bits per heavy atom. The highest BCUT2D eigenvalue weighted by Gasteiger charge is 2.20. The molecule has 10 nitrogen and oxygen atoms in total. The van der Waals surface area contributed by atoms with Gasteiger partial charge in [-0.15, -0.1) is 10.2 Å². The fourth-order valence-corrected chi connectivity index (χ4v) is 4.09. The van der Waals surface area contributed by atoms with E-state index in [1.807, 2.05) is 47.0 Å². The van der Waals surface area contributed by atoms with Gasteiger partial charge < -0.3 is 4.98 Å². The molecule has 0 aliphatic heterocycles. The quantitative estimate of drug-likeness (QED) is 0.460. The molecule has 1 N–H and O–H groups in total. The van der Waals surface area contributed by atoms with Crippen molar-refractivity contribution < 1.29 is 0 Å². The standard InChI is InChI=1S/C20H16N8O2S/c1-26-16-14(17(29)27(2)20(26)30)22-18(23-16)31-19-25-24-15(12-7-6-10-21-11-12)28(19)13-8-4-3-5-9-13/h3-11H,1-2H3,(H,22,23). The van der Waals surface area contributed by atoms with Gasteiger partial charge in [0.1, 0.15) is 0 Å². The fraction of sp³-hybridized carbons (Fsp3) is 0.100. The molecule has 0 atom stereocenters. The number of pyridine rings is 1. The SMILES string of the molecule is Cn1c(=O)c2[nH]c(Sc3nnc(-c4cccnc4)n3-c3ccccc3)nc2n(C)c1=O. The van der Waals surface area contributed by atoms with Gasteiger partial charge in [0, 0.05) is 37.7 Å². The van der Waals surface area contributed by atoms with Crippen LogP contribution in [0.4, 0.5) is 0 Å². The summed E-state index contributed by atoms with van der Waals surface area (Å²) in [5, 5.41) is 9.69. The van der Waals surface area contributed by atoms with Gasteiger partial charge in [-0.2, -0.15) is 0 Å². The molecule has 11 heteroatoms. The smallest absolute Gasteiger partial charge is 0.327 e. The molecule has 0 saturated carbocycles. The maximum atomic E-state index is 12.5. The molecule has 154 valence electrons. The van der Waals surface area contributed by atoms with E-state index in [1.165, 1.54) is 23.4 Å². The zero-order valence-electron chi connectivity index (χ0n) is 16.6. The van der Waals surface area contributed by atoms with Crippen molar-refractivity contribution in [1.82, 2.24) is 38.9 Å². The van der Waals surface area contributed by atoms with Crippen molar-refractivity contribution in [2.45, 2.75) is 10.3 Å². The zero-order chi connectivity index (χ0) is 21.5. The van der Waals surface area contributed by atoms with Crippen LogP contribution in [0.3, 0.4) is 0 Å². The third-order valence-electron chi connectivity index (χ3n) is 4.83. The molecule has 0 aliphatic carbocycles. The molecule has 0 saturated heterocycles. The summed E-state index contributed by atoms with van der Waals surface area (Å²) >= 11 is 1.22. The lowest BCUT2D eigenvalue weighted by Crippen LogP contribution is -2.36. The van der Waals surface area contributed by atoms with Gasteiger partial charge in [0.05, 0.1) is 0 Å². The highest BCUT2D eigenvalue weighted by atomic mass is 32.2. The maximum Gasteiger partial charge on any atom is 0.332 e. The molecular weight excluding hydrogens is 416 g/mol. The van der Waals surface area contributed by atoms with Gasteiger partial charge in [-0.3, -0.25) is 23.5 Å². The molecule has 0 fully saturated rings. The van der Waals surface area contributed by atoms with Crippen molar-refractivity contribution in [3.05, 3.63) is 75.7 Å². The van der Waals surface area contributed by atoms with E-state index in [4.69, 9.17) is 0 Å². The Morgan fingerprint density at radius 1 is 0.968 bits per heavy atom. The third-order valence-corrected chi connectivity index (χ3v) is 5.66. The van der Waals surface area contributed by atoms with Crippen LogP contribution < -0.4 is 11.2 Å². The first-order chi connectivity index (χ1) is 15.0. The highest BCUT2D eigenvalue weighted by molar-refractivity contribution is 7.99. The number of rotatable bonds is 4. The van der Waals surface area contributed by atoms with E-state index in [2.05, 4.69) is 25.1 Å². The summed E-state index contributed by atoms with van der Waals surface area (Å²) in [5.41, 5.74) is 1.35. The molecular formula is C20H16N8O2S. The number of aromatic amines is 1. The van der Waals surface area contributed by atoms with Gasteiger partial charge in [-0.1, -0.05) is 18.2 Å². The van der Waals surface area contributed by atoms with Gasteiger partial charge in [-0.25, -0.2) is 9.78 Å². The summed E-state index contributed by atoms with van der Waals surface area (Å²) in [6, 6.07) is 13.4. The minimum Gasteiger partial charge on any atom is -0.327 e. The molecule has 0 bridgehead atoms. The second-order valence-corrected chi connectivity index (χ2v) is 7.72. The Hall–Kier alpha value is -3.99. The molecule has 0 unspecified atom stereocenters. The van der Waals surface area contributed by atoms with Crippen LogP contribution >= 0.6 is 11.8 Å². The van der Waals surface area contributed by atoms with E-state index >= 15 is 0 Å². The molecule has 4 aromatic heterocycles. The Balaban J connectivity index is 1.66. The van der Waals surface area contributed by atoms with Gasteiger partial charge in [0.25, 0.3) is 5.56 Å². The molecule has 0 radical (unpaired) electrons. The number of benzene rings is 1. The number of para-hydroxylation sites is 1. The van der Waals surface area contributed by atoms with E-state index in [0.29, 0.717) is 16.1 Å². The summed E-state index contributed by atoms with van der Waals surface area (Å²) in [6.07, 6.45) is 3.42. The summed E-state index contributed by atoms with van der Waals surface area (Å²) in [4.78, 5) is 36.3. The van der Waals surface area contributed by atoms with E-state index in [9.17, 15) is 9.59 Å². The zero-order valence-corrected chi connectivity index (χ0v) is 17.4. The number of aromatic nitrogens is 8. The summed E-state index contributed by atoms with van der Waals surface area (Å²) in [7, 11) is 3.01. The number of H-pyrrole nitrogens is 1. The Labute approximate surface area is 179 Å². The summed E-state index contributed by atoms with van der Waals surface area (Å²) < 4.78 is 4.27. The van der Waals surface area contributed by atoms with Crippen LogP contribution in [-0.2, 0) is 14.1 Å². The predicted octanol–water partition coefficient (Wildman–Crippen LogP) is 1.75. The van der Waals surface area contributed by atoms with Gasteiger partial charge in [0.2, 0.25) is 5.16 Å². The lowest BCUT2D eigenvalue weighted by atomic mass is 10.2. The normalized spacial score (nSPS) is 11.3. The number of aryl methyl sites for hydroxylation is 1. The Kier molecular flexibility index (Phi) is 4.51. The molecule has 5 rings (SSSR count). The fourth-order valence-electron chi connectivity index (χ4n) is 3.27. The number of nitrogens with one attached hydrogen (secondary N) is 1. The number of nitrogens with zero attached hydrogens (tertiary/aromatic N) is 7. The van der Waals surface area contributed by atoms with Crippen molar-refractivity contribution in [3.63, 3.8) is 0 Å². The van der Waals surface area contributed by atoms with Crippen LogP contribution in [0, 0.1) is 0 Å². The molecule has 31 heavy (non-hydrogen) atoms. The van der Waals surface area contributed by atoms with Crippen LogP contribution in [-0.4, -0.2) is 38.9 Å². The molecule has 5 aromatic rings. The number of fused-ring (bicyclic) bond motifs is 1. The first-order valence-corrected chi connectivity index (χ1v) is 10.1. The van der Waals surface area contributed by atoms with E-state index in [0.717, 1.165) is 15.8 Å². The topological polar surface area (TPSA) is 116 Å². The molecule has 0 aliphatic rings. The van der Waals surface area contributed by atoms with Crippen molar-refractivity contribution in [1.29, 1.82) is 0 Å². The van der Waals surface area contributed by atoms with Crippen molar-refractivity contribution >= 4 is 22.9 Å². The summed E-state index contributed by atoms with van der Waals surface area (Å²) in [6.45, 7) is 0. The lowest BCUT2D eigenvalue weighted by Gasteiger charge is -2.09. The Morgan fingerprint density at radius 2 is 1.77 bits per heavy atom. The van der Waals surface area contributed by atoms with Gasteiger partial charge in [0.15, 0.2) is 22.1 Å². The van der Waals surface area contributed by atoms with E-state index in [1.54, 1.807) is 19.4 Å².